The molecule has 1 saturated heterocycles. The Kier molecular flexibility index (Phi) is 5.95. The fourth-order valence-electron chi connectivity index (χ4n) is 2.93. The number of benzene rings is 1. The maximum Gasteiger partial charge on any atom is 0.415 e. The van der Waals surface area contributed by atoms with E-state index < -0.39 is 23.8 Å². The minimum Gasteiger partial charge on any atom is -0.392 e. The highest BCUT2D eigenvalue weighted by molar-refractivity contribution is 6.34. The van der Waals surface area contributed by atoms with Crippen molar-refractivity contribution in [1.82, 2.24) is 9.97 Å². The molecule has 0 bridgehead atoms. The minimum absolute atomic E-state index is 0.0319. The number of hydrogen-bond donors (Lipinski definition) is 3. The van der Waals surface area contributed by atoms with Gasteiger partial charge in [0.2, 0.25) is 5.95 Å². The summed E-state index contributed by atoms with van der Waals surface area (Å²) in [7, 11) is 5.52. The van der Waals surface area contributed by atoms with E-state index in [1.54, 1.807) is 6.92 Å². The Morgan fingerprint density at radius 2 is 2.14 bits per heavy atom. The van der Waals surface area contributed by atoms with Crippen LogP contribution >= 0.6 is 0 Å². The molecule has 150 valence electrons. The lowest BCUT2D eigenvalue weighted by atomic mass is 9.85. The molecule has 3 N–H and O–H groups in total. The van der Waals surface area contributed by atoms with Gasteiger partial charge in [-0.2, -0.15) is 23.4 Å². The maximum atomic E-state index is 13.2. The zero-order valence-electron chi connectivity index (χ0n) is 15.4. The molecule has 2 aromatic rings. The average molecular weight is 403 g/mol. The van der Waals surface area contributed by atoms with E-state index in [2.05, 4.69) is 26.7 Å². The minimum atomic E-state index is -4.68. The highest BCUT2D eigenvalue weighted by atomic mass is 19.4. The molecule has 2 unspecified atom stereocenters. The van der Waals surface area contributed by atoms with Crippen molar-refractivity contribution in [2.45, 2.75) is 25.7 Å². The predicted octanol–water partition coefficient (Wildman–Crippen LogP) is 1.78. The number of alkyl halides is 3. The monoisotopic (exact) mass is 403 g/mol. The largest absolute Gasteiger partial charge is 0.415 e. The first-order chi connectivity index (χ1) is 13.7. The molecule has 3 rings (SSSR count). The molecule has 0 spiro atoms. The molecule has 1 fully saturated rings. The van der Waals surface area contributed by atoms with Gasteiger partial charge in [0.05, 0.1) is 43.4 Å². The normalized spacial score (nSPS) is 19.0. The maximum absolute atomic E-state index is 13.2. The summed E-state index contributed by atoms with van der Waals surface area (Å²) in [4.78, 5) is 8.38. The van der Waals surface area contributed by atoms with Gasteiger partial charge in [0.15, 0.2) is 0 Å². The van der Waals surface area contributed by atoms with Gasteiger partial charge in [-0.15, -0.1) is 0 Å². The van der Waals surface area contributed by atoms with E-state index in [4.69, 9.17) is 17.8 Å². The number of nitrogens with zero attached hydrogens (tertiary/aromatic N) is 3. The molecule has 2 atom stereocenters. The van der Waals surface area contributed by atoms with Gasteiger partial charge in [0, 0.05) is 17.4 Å². The van der Waals surface area contributed by atoms with Gasteiger partial charge in [-0.25, -0.2) is 4.98 Å². The predicted molar refractivity (Wildman–Crippen MR) is 100 cm³/mol. The van der Waals surface area contributed by atoms with Crippen molar-refractivity contribution in [2.75, 3.05) is 23.8 Å². The summed E-state index contributed by atoms with van der Waals surface area (Å²) in [6.45, 7) is 1.78. The van der Waals surface area contributed by atoms with Gasteiger partial charge < -0.3 is 20.5 Å². The molecular formula is C18H17BF3N5O2. The Morgan fingerprint density at radius 3 is 2.79 bits per heavy atom. The molecule has 1 aliphatic heterocycles. The van der Waals surface area contributed by atoms with Crippen LogP contribution in [0, 0.1) is 24.2 Å². The molecule has 0 amide bonds. The Morgan fingerprint density at radius 1 is 1.38 bits per heavy atom. The summed E-state index contributed by atoms with van der Waals surface area (Å²) >= 11 is 0. The second kappa shape index (κ2) is 8.27. The summed E-state index contributed by atoms with van der Waals surface area (Å²) in [6, 6.07) is 4.04. The number of aliphatic hydroxyl groups excluding tert-OH is 1. The van der Waals surface area contributed by atoms with Crippen LogP contribution in [0.2, 0.25) is 0 Å². The fourth-order valence-corrected chi connectivity index (χ4v) is 2.93. The Balaban J connectivity index is 1.88. The van der Waals surface area contributed by atoms with E-state index in [0.717, 1.165) is 6.07 Å². The summed E-state index contributed by atoms with van der Waals surface area (Å²) in [5.41, 5.74) is -0.917. The second-order valence-corrected chi connectivity index (χ2v) is 6.63. The number of aromatic nitrogens is 2. The molecule has 1 aliphatic rings. The van der Waals surface area contributed by atoms with Gasteiger partial charge in [0.25, 0.3) is 0 Å². The average Bonchev–Trinajstić information content (AvgIpc) is 3.12. The van der Waals surface area contributed by atoms with E-state index in [-0.39, 0.29) is 29.2 Å². The number of aryl methyl sites for hydroxylation is 1. The summed E-state index contributed by atoms with van der Waals surface area (Å²) in [6.07, 6.45) is -3.18. The third-order valence-corrected chi connectivity index (χ3v) is 4.54. The summed E-state index contributed by atoms with van der Waals surface area (Å²) in [5, 5.41) is 24.3. The van der Waals surface area contributed by atoms with Crippen LogP contribution in [0.25, 0.3) is 0 Å². The van der Waals surface area contributed by atoms with Crippen molar-refractivity contribution in [2.24, 2.45) is 5.92 Å². The third kappa shape index (κ3) is 4.60. The van der Waals surface area contributed by atoms with E-state index in [9.17, 15) is 18.3 Å². The lowest BCUT2D eigenvalue weighted by molar-refractivity contribution is -0.136. The number of aliphatic hydroxyl groups is 1. The number of hydrogen-bond acceptors (Lipinski definition) is 7. The highest BCUT2D eigenvalue weighted by Crippen LogP contribution is 2.31. The first-order valence-electron chi connectivity index (χ1n) is 8.68. The number of nitrogens with one attached hydrogen (secondary N) is 2. The third-order valence-electron chi connectivity index (χ3n) is 4.54. The number of nitriles is 1. The molecular weight excluding hydrogens is 386 g/mol. The topological polar surface area (TPSA) is 103 Å². The van der Waals surface area contributed by atoms with Crippen molar-refractivity contribution in [3.8, 4) is 6.07 Å². The Bertz CT molecular complexity index is 948. The van der Waals surface area contributed by atoms with E-state index in [1.807, 2.05) is 0 Å². The van der Waals surface area contributed by atoms with Crippen LogP contribution in [-0.4, -0.2) is 42.2 Å². The summed E-state index contributed by atoms with van der Waals surface area (Å²) in [5.74, 6) is 0.152. The molecule has 2 radical (unpaired) electrons. The smallest absolute Gasteiger partial charge is 0.392 e. The standard InChI is InChI=1S/C18H17BF3N5O2/c1-9-5-24-17(27-16(9)26-14-8-29-7-11(14)4-23)25-12-2-10(6-28)15(19)13(3-12)18(20,21)22/h2-3,5,11,14,28H,6-8H2,1H3,(H2,24,25,26,27). The molecule has 11 heteroatoms. The van der Waals surface area contributed by atoms with E-state index in [1.165, 1.54) is 12.3 Å². The van der Waals surface area contributed by atoms with Crippen molar-refractivity contribution >= 4 is 30.8 Å². The van der Waals surface area contributed by atoms with Crippen LogP contribution in [0.15, 0.2) is 18.3 Å². The van der Waals surface area contributed by atoms with Gasteiger partial charge in [-0.3, -0.25) is 0 Å². The molecule has 1 aromatic heterocycles. The van der Waals surface area contributed by atoms with Crippen LogP contribution < -0.4 is 16.1 Å². The first kappa shape index (κ1) is 20.9. The molecule has 7 nitrogen and oxygen atoms in total. The van der Waals surface area contributed by atoms with Crippen LogP contribution in [0.5, 0.6) is 0 Å². The number of halogens is 3. The van der Waals surface area contributed by atoms with Crippen LogP contribution in [0.1, 0.15) is 16.7 Å². The number of ether oxygens (including phenoxy) is 1. The second-order valence-electron chi connectivity index (χ2n) is 6.63. The molecule has 0 saturated carbocycles. The number of rotatable bonds is 5. The van der Waals surface area contributed by atoms with Crippen molar-refractivity contribution < 1.29 is 23.0 Å². The highest BCUT2D eigenvalue weighted by Gasteiger charge is 2.33. The lowest BCUT2D eigenvalue weighted by Crippen LogP contribution is -2.28. The molecule has 2 heterocycles. The molecule has 29 heavy (non-hydrogen) atoms. The van der Waals surface area contributed by atoms with Crippen LogP contribution in [-0.2, 0) is 17.5 Å². The SMILES string of the molecule is [B]c1c(CO)cc(Nc2ncc(C)c(NC3COCC3C#N)n2)cc1C(F)(F)F. The van der Waals surface area contributed by atoms with Crippen LogP contribution in [0.3, 0.4) is 0 Å². The zero-order chi connectivity index (χ0) is 21.2. The van der Waals surface area contributed by atoms with Gasteiger partial charge in [0.1, 0.15) is 13.7 Å². The zero-order valence-corrected chi connectivity index (χ0v) is 15.4. The lowest BCUT2D eigenvalue weighted by Gasteiger charge is -2.18. The van der Waals surface area contributed by atoms with Gasteiger partial charge in [-0.05, 0) is 24.6 Å². The summed E-state index contributed by atoms with van der Waals surface area (Å²) < 4.78 is 45.0. The first-order valence-corrected chi connectivity index (χ1v) is 8.68. The van der Waals surface area contributed by atoms with E-state index >= 15 is 0 Å². The van der Waals surface area contributed by atoms with Gasteiger partial charge in [-0.1, -0.05) is 5.46 Å². The fraction of sp³-hybridized carbons (Fsp3) is 0.389. The molecule has 1 aromatic carbocycles. The van der Waals surface area contributed by atoms with Crippen LogP contribution in [0.4, 0.5) is 30.6 Å². The van der Waals surface area contributed by atoms with E-state index in [0.29, 0.717) is 24.6 Å². The van der Waals surface area contributed by atoms with Crippen molar-refractivity contribution in [3.05, 3.63) is 35.0 Å². The number of anilines is 3. The Hall–Kier alpha value is -2.84. The van der Waals surface area contributed by atoms with Crippen molar-refractivity contribution in [1.29, 1.82) is 5.26 Å². The Labute approximate surface area is 166 Å². The van der Waals surface area contributed by atoms with Gasteiger partial charge >= 0.3 is 6.18 Å². The van der Waals surface area contributed by atoms with Crippen molar-refractivity contribution in [3.63, 3.8) is 0 Å². The quantitative estimate of drug-likeness (QED) is 0.654. The molecule has 0 aliphatic carbocycles.